The van der Waals surface area contributed by atoms with Crippen molar-refractivity contribution in [3.8, 4) is 17.6 Å². The highest BCUT2D eigenvalue weighted by Crippen LogP contribution is 2.51. The third-order valence-electron chi connectivity index (χ3n) is 3.06. The van der Waals surface area contributed by atoms with Crippen LogP contribution in [0.1, 0.15) is 30.9 Å². The maximum atomic E-state index is 9.71. The summed E-state index contributed by atoms with van der Waals surface area (Å²) in [5.74, 6) is 0.135. The number of aromatic hydroxyl groups is 2. The average Bonchev–Trinajstić information content (AvgIpc) is 2.99. The van der Waals surface area contributed by atoms with E-state index in [1.54, 1.807) is 6.07 Å². The maximum Gasteiger partial charge on any atom is 0.124 e. The predicted octanol–water partition coefficient (Wildman–Crippen LogP) is 2.22. The van der Waals surface area contributed by atoms with Crippen molar-refractivity contribution in [3.63, 3.8) is 0 Å². The van der Waals surface area contributed by atoms with E-state index in [0.717, 1.165) is 18.4 Å². The zero-order valence-corrected chi connectivity index (χ0v) is 8.62. The summed E-state index contributed by atoms with van der Waals surface area (Å²) in [6, 6.07) is 5.33. The summed E-state index contributed by atoms with van der Waals surface area (Å²) >= 11 is 0. The van der Waals surface area contributed by atoms with E-state index in [1.807, 2.05) is 6.92 Å². The number of aryl methyl sites for hydroxylation is 1. The van der Waals surface area contributed by atoms with E-state index in [2.05, 4.69) is 6.07 Å². The van der Waals surface area contributed by atoms with Crippen LogP contribution in [0.15, 0.2) is 12.1 Å². The maximum absolute atomic E-state index is 9.71. The average molecular weight is 203 g/mol. The summed E-state index contributed by atoms with van der Waals surface area (Å²) in [5, 5.41) is 28.3. The lowest BCUT2D eigenvalue weighted by Crippen LogP contribution is -2.03. The molecule has 78 valence electrons. The fourth-order valence-electron chi connectivity index (χ4n) is 1.85. The van der Waals surface area contributed by atoms with Crippen molar-refractivity contribution < 1.29 is 10.2 Å². The molecule has 1 aromatic rings. The Morgan fingerprint density at radius 3 is 2.47 bits per heavy atom. The lowest BCUT2D eigenvalue weighted by atomic mass is 9.93. The summed E-state index contributed by atoms with van der Waals surface area (Å²) in [6.45, 7) is 1.93. The van der Waals surface area contributed by atoms with Gasteiger partial charge in [0.15, 0.2) is 0 Å². The Bertz CT molecular complexity index is 442. The first kappa shape index (κ1) is 9.85. The molecule has 1 saturated carbocycles. The molecular formula is C12H13NO2. The Hall–Kier alpha value is -1.69. The molecular weight excluding hydrogens is 190 g/mol. The molecule has 0 aromatic heterocycles. The molecule has 3 heteroatoms. The van der Waals surface area contributed by atoms with Gasteiger partial charge in [0.1, 0.15) is 11.5 Å². The standard InChI is InChI=1S/C12H13NO2/c1-2-8-5-9(11(15)6-10(8)14)12(7-13)3-4-12/h5-6,14-15H,2-4H2,1H3. The third kappa shape index (κ3) is 1.42. The first-order valence-corrected chi connectivity index (χ1v) is 5.09. The van der Waals surface area contributed by atoms with Crippen LogP contribution in [0.2, 0.25) is 0 Å². The zero-order valence-electron chi connectivity index (χ0n) is 8.62. The molecule has 1 aliphatic rings. The van der Waals surface area contributed by atoms with Crippen LogP contribution >= 0.6 is 0 Å². The van der Waals surface area contributed by atoms with Crippen LogP contribution in [0.4, 0.5) is 0 Å². The van der Waals surface area contributed by atoms with Gasteiger partial charge in [0.2, 0.25) is 0 Å². The first-order valence-electron chi connectivity index (χ1n) is 5.09. The molecule has 0 atom stereocenters. The Morgan fingerprint density at radius 1 is 1.33 bits per heavy atom. The monoisotopic (exact) mass is 203 g/mol. The minimum atomic E-state index is -0.498. The second kappa shape index (κ2) is 3.16. The molecule has 1 fully saturated rings. The van der Waals surface area contributed by atoms with Crippen LogP contribution in [-0.2, 0) is 11.8 Å². The van der Waals surface area contributed by atoms with Crippen molar-refractivity contribution in [3.05, 3.63) is 23.3 Å². The van der Waals surface area contributed by atoms with Crippen LogP contribution < -0.4 is 0 Å². The minimum Gasteiger partial charge on any atom is -0.508 e. The Labute approximate surface area is 88.6 Å². The van der Waals surface area contributed by atoms with Crippen LogP contribution in [0.3, 0.4) is 0 Å². The Morgan fingerprint density at radius 2 is 2.00 bits per heavy atom. The number of benzene rings is 1. The van der Waals surface area contributed by atoms with Gasteiger partial charge >= 0.3 is 0 Å². The van der Waals surface area contributed by atoms with Gasteiger partial charge in [-0.1, -0.05) is 6.92 Å². The molecule has 2 N–H and O–H groups in total. The van der Waals surface area contributed by atoms with Crippen LogP contribution in [0, 0.1) is 11.3 Å². The molecule has 1 aromatic carbocycles. The topological polar surface area (TPSA) is 64.2 Å². The molecule has 15 heavy (non-hydrogen) atoms. The molecule has 0 bridgehead atoms. The quantitative estimate of drug-likeness (QED) is 0.774. The molecule has 0 radical (unpaired) electrons. The molecule has 3 nitrogen and oxygen atoms in total. The van der Waals surface area contributed by atoms with Crippen LogP contribution in [-0.4, -0.2) is 10.2 Å². The first-order chi connectivity index (χ1) is 7.13. The van der Waals surface area contributed by atoms with Crippen molar-refractivity contribution in [2.24, 2.45) is 0 Å². The molecule has 0 amide bonds. The van der Waals surface area contributed by atoms with E-state index in [9.17, 15) is 10.2 Å². The number of phenolic OH excluding ortho intramolecular Hbond substituents is 2. The molecule has 2 rings (SSSR count). The van der Waals surface area contributed by atoms with E-state index >= 15 is 0 Å². The van der Waals surface area contributed by atoms with Crippen molar-refractivity contribution in [1.82, 2.24) is 0 Å². The van der Waals surface area contributed by atoms with Crippen LogP contribution in [0.5, 0.6) is 11.5 Å². The third-order valence-corrected chi connectivity index (χ3v) is 3.06. The number of nitrogens with zero attached hydrogens (tertiary/aromatic N) is 1. The molecule has 1 aliphatic carbocycles. The highest BCUT2D eigenvalue weighted by atomic mass is 16.3. The van der Waals surface area contributed by atoms with Gasteiger partial charge in [0.25, 0.3) is 0 Å². The van der Waals surface area contributed by atoms with Gasteiger partial charge in [0, 0.05) is 11.6 Å². The van der Waals surface area contributed by atoms with Crippen molar-refractivity contribution >= 4 is 0 Å². The van der Waals surface area contributed by atoms with Gasteiger partial charge in [0.05, 0.1) is 11.5 Å². The summed E-state index contributed by atoms with van der Waals surface area (Å²) in [7, 11) is 0. The highest BCUT2D eigenvalue weighted by Gasteiger charge is 2.46. The lowest BCUT2D eigenvalue weighted by Gasteiger charge is -2.12. The van der Waals surface area contributed by atoms with E-state index in [1.165, 1.54) is 6.07 Å². The number of phenols is 2. The SMILES string of the molecule is CCc1cc(C2(C#N)CC2)c(O)cc1O. The second-order valence-electron chi connectivity index (χ2n) is 4.05. The van der Waals surface area contributed by atoms with Gasteiger partial charge < -0.3 is 10.2 Å². The number of nitriles is 1. The van der Waals surface area contributed by atoms with Gasteiger partial charge in [-0.15, -0.1) is 0 Å². The summed E-state index contributed by atoms with van der Waals surface area (Å²) in [4.78, 5) is 0. The van der Waals surface area contributed by atoms with Gasteiger partial charge in [-0.25, -0.2) is 0 Å². The molecule has 0 heterocycles. The number of rotatable bonds is 2. The summed E-state index contributed by atoms with van der Waals surface area (Å²) in [5.41, 5.74) is 0.950. The largest absolute Gasteiger partial charge is 0.508 e. The fraction of sp³-hybridized carbons (Fsp3) is 0.417. The summed E-state index contributed by atoms with van der Waals surface area (Å²) < 4.78 is 0. The van der Waals surface area contributed by atoms with Gasteiger partial charge in [-0.3, -0.25) is 0 Å². The smallest absolute Gasteiger partial charge is 0.124 e. The van der Waals surface area contributed by atoms with Crippen molar-refractivity contribution in [2.75, 3.05) is 0 Å². The number of hydrogen-bond acceptors (Lipinski definition) is 3. The van der Waals surface area contributed by atoms with Gasteiger partial charge in [-0.05, 0) is 30.9 Å². The number of hydrogen-bond donors (Lipinski definition) is 2. The highest BCUT2D eigenvalue weighted by molar-refractivity contribution is 5.53. The zero-order chi connectivity index (χ0) is 11.1. The van der Waals surface area contributed by atoms with E-state index in [4.69, 9.17) is 5.26 Å². The van der Waals surface area contributed by atoms with Crippen molar-refractivity contribution in [1.29, 1.82) is 5.26 Å². The normalized spacial score (nSPS) is 17.1. The van der Waals surface area contributed by atoms with Crippen molar-refractivity contribution in [2.45, 2.75) is 31.6 Å². The Kier molecular flexibility index (Phi) is 2.08. The van der Waals surface area contributed by atoms with E-state index in [0.29, 0.717) is 12.0 Å². The van der Waals surface area contributed by atoms with Gasteiger partial charge in [-0.2, -0.15) is 5.26 Å². The fourth-order valence-corrected chi connectivity index (χ4v) is 1.85. The van der Waals surface area contributed by atoms with Crippen LogP contribution in [0.25, 0.3) is 0 Å². The predicted molar refractivity (Wildman–Crippen MR) is 55.7 cm³/mol. The summed E-state index contributed by atoms with van der Waals surface area (Å²) in [6.07, 6.45) is 2.29. The minimum absolute atomic E-state index is 0.0313. The van der Waals surface area contributed by atoms with E-state index in [-0.39, 0.29) is 11.5 Å². The molecule has 0 saturated heterocycles. The lowest BCUT2D eigenvalue weighted by molar-refractivity contribution is 0.440. The molecule has 0 spiro atoms. The Balaban J connectivity index is 2.54. The van der Waals surface area contributed by atoms with E-state index < -0.39 is 5.41 Å². The molecule has 0 unspecified atom stereocenters. The second-order valence-corrected chi connectivity index (χ2v) is 4.05. The molecule has 0 aliphatic heterocycles.